The van der Waals surface area contributed by atoms with Gasteiger partial charge in [-0.05, 0) is 22.0 Å². The number of rotatable bonds is 1. The smallest absolute Gasteiger partial charge is 0.209 e. The molecule has 0 amide bonds. The minimum Gasteiger partial charge on any atom is -0.438 e. The van der Waals surface area contributed by atoms with Gasteiger partial charge in [0.15, 0.2) is 5.58 Å². The van der Waals surface area contributed by atoms with Crippen molar-refractivity contribution in [1.82, 2.24) is 4.98 Å². The molecule has 2 aromatic rings. The van der Waals surface area contributed by atoms with E-state index in [4.69, 9.17) is 33.4 Å². The third-order valence-corrected chi connectivity index (χ3v) is 3.44. The van der Waals surface area contributed by atoms with Gasteiger partial charge in [0.05, 0.1) is 11.6 Å². The number of nitrogens with zero attached hydrogens (tertiary/aromatic N) is 1. The number of halogens is 3. The van der Waals surface area contributed by atoms with Crippen molar-refractivity contribution in [3.63, 3.8) is 0 Å². The second kappa shape index (κ2) is 3.70. The van der Waals surface area contributed by atoms with Crippen LogP contribution in [0.2, 0.25) is 10.0 Å². The minimum absolute atomic E-state index is 0.236. The van der Waals surface area contributed by atoms with Gasteiger partial charge >= 0.3 is 0 Å². The fourth-order valence-corrected chi connectivity index (χ4v) is 2.02. The number of aromatic nitrogens is 1. The van der Waals surface area contributed by atoms with Gasteiger partial charge in [-0.3, -0.25) is 0 Å². The molecule has 2 rings (SSSR count). The molecule has 0 fully saturated rings. The Balaban J connectivity index is 2.81. The Bertz CT molecular complexity index is 498. The van der Waals surface area contributed by atoms with E-state index in [1.54, 1.807) is 6.07 Å². The van der Waals surface area contributed by atoms with Gasteiger partial charge in [-0.1, -0.05) is 23.2 Å². The summed E-state index contributed by atoms with van der Waals surface area (Å²) in [7, 11) is 0. The molecule has 0 saturated carbocycles. The maximum absolute atomic E-state index is 5.97. The van der Waals surface area contributed by atoms with Crippen LogP contribution in [0.5, 0.6) is 0 Å². The molecular formula is C8H5BrCl2N2O. The molecule has 2 N–H and O–H groups in total. The van der Waals surface area contributed by atoms with Crippen LogP contribution in [0.3, 0.4) is 0 Å². The number of fused-ring (bicyclic) bond motifs is 1. The highest BCUT2D eigenvalue weighted by Crippen LogP contribution is 2.36. The fraction of sp³-hybridized carbons (Fsp3) is 0.125. The highest BCUT2D eigenvalue weighted by Gasteiger charge is 2.14. The zero-order valence-corrected chi connectivity index (χ0v) is 9.95. The molecule has 1 aromatic heterocycles. The summed E-state index contributed by atoms with van der Waals surface area (Å²) in [5, 5.41) is 0.766. The normalized spacial score (nSPS) is 11.1. The summed E-state index contributed by atoms with van der Waals surface area (Å²) < 4.78 is 6.00. The van der Waals surface area contributed by atoms with Crippen LogP contribution in [0.4, 0.5) is 0 Å². The lowest BCUT2D eigenvalue weighted by Gasteiger charge is -1.97. The first-order chi connectivity index (χ1) is 6.63. The topological polar surface area (TPSA) is 52.0 Å². The molecule has 14 heavy (non-hydrogen) atoms. The molecule has 0 aliphatic heterocycles. The zero-order valence-electron chi connectivity index (χ0n) is 6.85. The Morgan fingerprint density at radius 1 is 1.43 bits per heavy atom. The van der Waals surface area contributed by atoms with Crippen LogP contribution in [0.1, 0.15) is 5.89 Å². The van der Waals surface area contributed by atoms with Gasteiger partial charge < -0.3 is 10.2 Å². The van der Waals surface area contributed by atoms with E-state index in [9.17, 15) is 0 Å². The molecule has 3 nitrogen and oxygen atoms in total. The van der Waals surface area contributed by atoms with Gasteiger partial charge in [0.25, 0.3) is 0 Å². The first-order valence-electron chi connectivity index (χ1n) is 3.76. The predicted molar refractivity (Wildman–Crippen MR) is 59.6 cm³/mol. The van der Waals surface area contributed by atoms with E-state index < -0.39 is 0 Å². The van der Waals surface area contributed by atoms with Gasteiger partial charge in [0.2, 0.25) is 5.89 Å². The van der Waals surface area contributed by atoms with Crippen molar-refractivity contribution >= 4 is 50.2 Å². The minimum atomic E-state index is 0.236. The van der Waals surface area contributed by atoms with Gasteiger partial charge in [-0.25, -0.2) is 4.98 Å². The van der Waals surface area contributed by atoms with E-state index in [2.05, 4.69) is 20.9 Å². The monoisotopic (exact) mass is 294 g/mol. The molecule has 0 saturated heterocycles. The lowest BCUT2D eigenvalue weighted by atomic mass is 10.3. The Morgan fingerprint density at radius 2 is 2.14 bits per heavy atom. The van der Waals surface area contributed by atoms with Gasteiger partial charge in [0, 0.05) is 4.47 Å². The van der Waals surface area contributed by atoms with Gasteiger partial charge in [-0.2, -0.15) is 0 Å². The van der Waals surface area contributed by atoms with E-state index in [1.807, 2.05) is 0 Å². The first kappa shape index (κ1) is 10.2. The van der Waals surface area contributed by atoms with Crippen molar-refractivity contribution in [1.29, 1.82) is 0 Å². The number of oxazole rings is 1. The van der Waals surface area contributed by atoms with Crippen LogP contribution in [0.15, 0.2) is 15.0 Å². The van der Waals surface area contributed by atoms with Crippen molar-refractivity contribution in [2.75, 3.05) is 0 Å². The molecule has 1 aromatic carbocycles. The van der Waals surface area contributed by atoms with Gasteiger partial charge in [0.1, 0.15) is 10.5 Å². The van der Waals surface area contributed by atoms with Crippen LogP contribution >= 0.6 is 39.1 Å². The Morgan fingerprint density at radius 3 is 2.79 bits per heavy atom. The molecule has 0 radical (unpaired) electrons. The summed E-state index contributed by atoms with van der Waals surface area (Å²) in [6, 6.07) is 1.74. The molecule has 0 unspecified atom stereocenters. The van der Waals surface area contributed by atoms with Gasteiger partial charge in [-0.15, -0.1) is 0 Å². The summed E-state index contributed by atoms with van der Waals surface area (Å²) in [5.74, 6) is 0.441. The molecule has 0 aliphatic rings. The number of benzene rings is 1. The van der Waals surface area contributed by atoms with Crippen LogP contribution in [0.25, 0.3) is 11.1 Å². The Hall–Kier alpha value is -0.290. The summed E-state index contributed by atoms with van der Waals surface area (Å²) in [5.41, 5.74) is 6.51. The average molecular weight is 296 g/mol. The van der Waals surface area contributed by atoms with Crippen molar-refractivity contribution in [3.8, 4) is 0 Å². The third-order valence-electron chi connectivity index (χ3n) is 1.74. The standard InChI is InChI=1S/C8H5BrCl2N2O/c9-3-1-4-8(7(11)6(3)10)14-5(2-12)13-4/h1H,2,12H2. The summed E-state index contributed by atoms with van der Waals surface area (Å²) >= 11 is 15.1. The highest BCUT2D eigenvalue weighted by atomic mass is 79.9. The largest absolute Gasteiger partial charge is 0.438 e. The van der Waals surface area contributed by atoms with Crippen LogP contribution in [-0.2, 0) is 6.54 Å². The highest BCUT2D eigenvalue weighted by molar-refractivity contribution is 9.10. The van der Waals surface area contributed by atoms with E-state index in [0.717, 1.165) is 0 Å². The molecule has 74 valence electrons. The number of hydrogen-bond acceptors (Lipinski definition) is 3. The SMILES string of the molecule is NCc1nc2cc(Br)c(Cl)c(Cl)c2o1. The Kier molecular flexibility index (Phi) is 2.70. The maximum atomic E-state index is 5.97. The van der Waals surface area contributed by atoms with Crippen molar-refractivity contribution in [2.45, 2.75) is 6.54 Å². The van der Waals surface area contributed by atoms with E-state index in [-0.39, 0.29) is 6.54 Å². The van der Waals surface area contributed by atoms with Crippen LogP contribution < -0.4 is 5.73 Å². The van der Waals surface area contributed by atoms with Crippen molar-refractivity contribution < 1.29 is 4.42 Å². The average Bonchev–Trinajstić information content (AvgIpc) is 2.57. The van der Waals surface area contributed by atoms with E-state index in [1.165, 1.54) is 0 Å². The molecule has 1 heterocycles. The summed E-state index contributed by atoms with van der Waals surface area (Å²) in [6.45, 7) is 0.236. The lowest BCUT2D eigenvalue weighted by Crippen LogP contribution is -1.94. The number of nitrogens with two attached hydrogens (primary N) is 1. The van der Waals surface area contributed by atoms with Crippen LogP contribution in [-0.4, -0.2) is 4.98 Å². The number of hydrogen-bond donors (Lipinski definition) is 1. The quantitative estimate of drug-likeness (QED) is 0.821. The molecule has 6 heteroatoms. The predicted octanol–water partition coefficient (Wildman–Crippen LogP) is 3.36. The molecule has 0 bridgehead atoms. The van der Waals surface area contributed by atoms with Crippen molar-refractivity contribution in [3.05, 3.63) is 26.5 Å². The van der Waals surface area contributed by atoms with Crippen molar-refractivity contribution in [2.24, 2.45) is 5.73 Å². The molecular weight excluding hydrogens is 291 g/mol. The third kappa shape index (κ3) is 1.52. The zero-order chi connectivity index (χ0) is 10.3. The maximum Gasteiger partial charge on any atom is 0.209 e. The molecule has 0 spiro atoms. The fourth-order valence-electron chi connectivity index (χ4n) is 1.11. The first-order valence-corrected chi connectivity index (χ1v) is 5.31. The van der Waals surface area contributed by atoms with Crippen LogP contribution in [0, 0.1) is 0 Å². The molecule has 0 aliphatic carbocycles. The Labute approximate surface area is 98.3 Å². The second-order valence-electron chi connectivity index (χ2n) is 2.65. The van der Waals surface area contributed by atoms with E-state index in [0.29, 0.717) is 31.5 Å². The molecule has 0 atom stereocenters. The lowest BCUT2D eigenvalue weighted by molar-refractivity contribution is 0.533. The summed E-state index contributed by atoms with van der Waals surface area (Å²) in [4.78, 5) is 4.13. The van der Waals surface area contributed by atoms with E-state index >= 15 is 0 Å². The summed E-state index contributed by atoms with van der Waals surface area (Å²) in [6.07, 6.45) is 0. The second-order valence-corrected chi connectivity index (χ2v) is 4.26.